The average Bonchev–Trinajstić information content (AvgIpc) is 3.52. The van der Waals surface area contributed by atoms with Gasteiger partial charge in [0.15, 0.2) is 0 Å². The Morgan fingerprint density at radius 2 is 1.82 bits per heavy atom. The molecule has 5 aromatic rings. The number of alkyl halides is 3. The molecule has 0 N–H and O–H groups in total. The van der Waals surface area contributed by atoms with Crippen molar-refractivity contribution in [1.29, 1.82) is 0 Å². The van der Waals surface area contributed by atoms with Crippen LogP contribution in [-0.2, 0) is 17.5 Å². The van der Waals surface area contributed by atoms with Gasteiger partial charge in [0.05, 0.1) is 29.6 Å². The van der Waals surface area contributed by atoms with Gasteiger partial charge in [0.1, 0.15) is 17.0 Å². The molecule has 0 spiro atoms. The molecule has 0 amide bonds. The van der Waals surface area contributed by atoms with Crippen LogP contribution in [0.5, 0.6) is 0 Å². The van der Waals surface area contributed by atoms with Crippen molar-refractivity contribution in [3.8, 4) is 5.69 Å². The number of pyridine rings is 1. The minimum absolute atomic E-state index is 0.117. The van der Waals surface area contributed by atoms with E-state index in [1.54, 1.807) is 6.20 Å². The van der Waals surface area contributed by atoms with Crippen molar-refractivity contribution in [2.75, 3.05) is 0 Å². The Labute approximate surface area is 201 Å². The van der Waals surface area contributed by atoms with Crippen LogP contribution in [-0.4, -0.2) is 20.0 Å². The molecule has 1 unspecified atom stereocenters. The first kappa shape index (κ1) is 22.5. The summed E-state index contributed by atoms with van der Waals surface area (Å²) >= 11 is 8.06. The summed E-state index contributed by atoms with van der Waals surface area (Å²) in [5.74, 6) is 0. The lowest BCUT2D eigenvalue weighted by atomic mass is 10.1. The summed E-state index contributed by atoms with van der Waals surface area (Å²) in [5.41, 5.74) is 1.79. The number of thiophene rings is 1. The van der Waals surface area contributed by atoms with Crippen molar-refractivity contribution in [3.05, 3.63) is 105 Å². The van der Waals surface area contributed by atoms with Gasteiger partial charge in [-0.05, 0) is 47.8 Å². The summed E-state index contributed by atoms with van der Waals surface area (Å²) in [6, 6.07) is 18.3. The van der Waals surface area contributed by atoms with E-state index in [0.717, 1.165) is 33.5 Å². The highest BCUT2D eigenvalue weighted by Crippen LogP contribution is 2.35. The van der Waals surface area contributed by atoms with Gasteiger partial charge in [0.25, 0.3) is 0 Å². The third-order valence-electron chi connectivity index (χ3n) is 5.19. The highest BCUT2D eigenvalue weighted by Gasteiger charge is 2.30. The SMILES string of the molecule is FC(F)(F)c1ccc(-n2cc(COC(c3cccs3)c3cc4ccccc4nc3Cl)nn2)cc1. The van der Waals surface area contributed by atoms with Gasteiger partial charge >= 0.3 is 6.18 Å². The maximum atomic E-state index is 12.8. The number of fused-ring (bicyclic) bond motifs is 1. The van der Waals surface area contributed by atoms with Crippen molar-refractivity contribution in [3.63, 3.8) is 0 Å². The lowest BCUT2D eigenvalue weighted by Gasteiger charge is -2.18. The van der Waals surface area contributed by atoms with Gasteiger partial charge in [-0.15, -0.1) is 16.4 Å². The lowest BCUT2D eigenvalue weighted by Crippen LogP contribution is -2.07. The molecule has 2 aromatic carbocycles. The van der Waals surface area contributed by atoms with Crippen LogP contribution in [0.4, 0.5) is 13.2 Å². The largest absolute Gasteiger partial charge is 0.416 e. The quantitative estimate of drug-likeness (QED) is 0.239. The van der Waals surface area contributed by atoms with E-state index in [9.17, 15) is 13.2 Å². The molecule has 0 radical (unpaired) electrons. The molecule has 34 heavy (non-hydrogen) atoms. The molecular weight excluding hydrogens is 485 g/mol. The van der Waals surface area contributed by atoms with Gasteiger partial charge in [0.2, 0.25) is 0 Å². The molecule has 3 aromatic heterocycles. The van der Waals surface area contributed by atoms with E-state index in [2.05, 4.69) is 15.3 Å². The molecule has 0 aliphatic heterocycles. The third-order valence-corrected chi connectivity index (χ3v) is 6.40. The van der Waals surface area contributed by atoms with Crippen LogP contribution >= 0.6 is 22.9 Å². The van der Waals surface area contributed by atoms with E-state index in [1.807, 2.05) is 47.8 Å². The average molecular weight is 501 g/mol. The molecule has 172 valence electrons. The van der Waals surface area contributed by atoms with Crippen LogP contribution in [0.3, 0.4) is 0 Å². The summed E-state index contributed by atoms with van der Waals surface area (Å²) in [7, 11) is 0. The molecule has 0 aliphatic rings. The number of rotatable bonds is 6. The van der Waals surface area contributed by atoms with Crippen LogP contribution in [0.1, 0.15) is 27.8 Å². The normalized spacial score (nSPS) is 12.8. The van der Waals surface area contributed by atoms with Crippen molar-refractivity contribution in [2.45, 2.75) is 18.9 Å². The zero-order valence-corrected chi connectivity index (χ0v) is 19.0. The number of hydrogen-bond donors (Lipinski definition) is 0. The van der Waals surface area contributed by atoms with E-state index >= 15 is 0 Å². The standard InChI is InChI=1S/C24H16ClF3N4OS/c25-23-19(12-15-4-1-2-5-20(15)29-23)22(21-6-3-11-34-21)33-14-17-13-32(31-30-17)18-9-7-16(8-10-18)24(26,27)28/h1-13,22H,14H2. The fraction of sp³-hybridized carbons (Fsp3) is 0.125. The number of benzene rings is 2. The van der Waals surface area contributed by atoms with Gasteiger partial charge in [-0.25, -0.2) is 9.67 Å². The van der Waals surface area contributed by atoms with Crippen LogP contribution < -0.4 is 0 Å². The Kier molecular flexibility index (Phi) is 6.07. The second kappa shape index (κ2) is 9.17. The Balaban J connectivity index is 1.38. The molecule has 0 aliphatic carbocycles. The number of halogens is 4. The second-order valence-corrected chi connectivity index (χ2v) is 8.80. The minimum Gasteiger partial charge on any atom is -0.361 e. The number of para-hydroxylation sites is 1. The first-order chi connectivity index (χ1) is 16.4. The smallest absolute Gasteiger partial charge is 0.361 e. The number of hydrogen-bond acceptors (Lipinski definition) is 5. The number of nitrogens with zero attached hydrogens (tertiary/aromatic N) is 4. The zero-order chi connectivity index (χ0) is 23.7. The van der Waals surface area contributed by atoms with Crippen molar-refractivity contribution in [1.82, 2.24) is 20.0 Å². The first-order valence-electron chi connectivity index (χ1n) is 10.2. The fourth-order valence-electron chi connectivity index (χ4n) is 3.52. The Bertz CT molecular complexity index is 1420. The predicted molar refractivity (Wildman–Crippen MR) is 124 cm³/mol. The Morgan fingerprint density at radius 3 is 2.56 bits per heavy atom. The number of ether oxygens (including phenoxy) is 1. The second-order valence-electron chi connectivity index (χ2n) is 7.47. The molecule has 3 heterocycles. The van der Waals surface area contributed by atoms with Gasteiger partial charge < -0.3 is 4.74 Å². The Hall–Kier alpha value is -3.27. The van der Waals surface area contributed by atoms with Crippen molar-refractivity contribution >= 4 is 33.8 Å². The summed E-state index contributed by atoms with van der Waals surface area (Å²) in [4.78, 5) is 5.46. The topological polar surface area (TPSA) is 52.8 Å². The van der Waals surface area contributed by atoms with E-state index in [-0.39, 0.29) is 6.61 Å². The van der Waals surface area contributed by atoms with Gasteiger partial charge in [0, 0.05) is 15.8 Å². The summed E-state index contributed by atoms with van der Waals surface area (Å²) < 4.78 is 46.1. The van der Waals surface area contributed by atoms with Gasteiger partial charge in [-0.3, -0.25) is 0 Å². The molecule has 1 atom stereocenters. The zero-order valence-electron chi connectivity index (χ0n) is 17.4. The molecule has 0 fully saturated rings. The fourth-order valence-corrected chi connectivity index (χ4v) is 4.56. The number of aromatic nitrogens is 4. The predicted octanol–water partition coefficient (Wildman–Crippen LogP) is 6.86. The maximum absolute atomic E-state index is 12.8. The highest BCUT2D eigenvalue weighted by atomic mass is 35.5. The van der Waals surface area contributed by atoms with E-state index in [1.165, 1.54) is 28.2 Å². The van der Waals surface area contributed by atoms with Gasteiger partial charge in [-0.1, -0.05) is 41.1 Å². The van der Waals surface area contributed by atoms with Crippen LogP contribution in [0.2, 0.25) is 5.15 Å². The molecule has 5 rings (SSSR count). The first-order valence-corrected chi connectivity index (χ1v) is 11.4. The van der Waals surface area contributed by atoms with Crippen molar-refractivity contribution in [2.24, 2.45) is 0 Å². The molecule has 0 saturated carbocycles. The van der Waals surface area contributed by atoms with Crippen LogP contribution in [0, 0.1) is 0 Å². The monoisotopic (exact) mass is 500 g/mol. The van der Waals surface area contributed by atoms with Crippen LogP contribution in [0.25, 0.3) is 16.6 Å². The van der Waals surface area contributed by atoms with E-state index < -0.39 is 17.8 Å². The molecule has 0 bridgehead atoms. The highest BCUT2D eigenvalue weighted by molar-refractivity contribution is 7.10. The lowest BCUT2D eigenvalue weighted by molar-refractivity contribution is -0.137. The minimum atomic E-state index is -4.39. The molecule has 0 saturated heterocycles. The van der Waals surface area contributed by atoms with Gasteiger partial charge in [-0.2, -0.15) is 13.2 Å². The molecular formula is C24H16ClF3N4OS. The third kappa shape index (κ3) is 4.68. The van der Waals surface area contributed by atoms with Crippen molar-refractivity contribution < 1.29 is 17.9 Å². The Morgan fingerprint density at radius 1 is 1.03 bits per heavy atom. The van der Waals surface area contributed by atoms with E-state index in [4.69, 9.17) is 16.3 Å². The van der Waals surface area contributed by atoms with Crippen LogP contribution in [0.15, 0.2) is 78.3 Å². The molecule has 5 nitrogen and oxygen atoms in total. The summed E-state index contributed by atoms with van der Waals surface area (Å²) in [6.07, 6.45) is -3.25. The summed E-state index contributed by atoms with van der Waals surface area (Å²) in [6.45, 7) is 0.117. The maximum Gasteiger partial charge on any atom is 0.416 e. The summed E-state index contributed by atoms with van der Waals surface area (Å²) in [5, 5.41) is 11.4. The molecule has 10 heteroatoms. The van der Waals surface area contributed by atoms with E-state index in [0.29, 0.717) is 16.5 Å².